The summed E-state index contributed by atoms with van der Waals surface area (Å²) < 4.78 is 0. The third kappa shape index (κ3) is 1.10. The van der Waals surface area contributed by atoms with Gasteiger partial charge in [-0.1, -0.05) is 0 Å². The number of rotatable bonds is 0. The van der Waals surface area contributed by atoms with Crippen molar-refractivity contribution in [2.75, 3.05) is 5.73 Å². The van der Waals surface area contributed by atoms with Crippen LogP contribution in [0.15, 0.2) is 16.9 Å². The van der Waals surface area contributed by atoms with E-state index in [-0.39, 0.29) is 11.2 Å². The Balaban J connectivity index is 3.34. The summed E-state index contributed by atoms with van der Waals surface area (Å²) in [5, 5.41) is 0. The van der Waals surface area contributed by atoms with Crippen LogP contribution in [0.25, 0.3) is 0 Å². The number of aromatic nitrogens is 1. The maximum Gasteiger partial charge on any atom is 0.271 e. The number of nitrogens with two attached hydrogens (primary N) is 1. The monoisotopic (exact) mass is 124 g/mol. The van der Waals surface area contributed by atoms with Crippen molar-refractivity contribution in [2.24, 2.45) is 0 Å². The molecule has 3 nitrogen and oxygen atoms in total. The third-order valence-electron chi connectivity index (χ3n) is 1.09. The zero-order valence-corrected chi connectivity index (χ0v) is 5.14. The molecule has 1 heterocycles. The molecule has 1 aromatic rings. The molecule has 0 aliphatic heterocycles. The summed E-state index contributed by atoms with van der Waals surface area (Å²) in [4.78, 5) is 13.2. The van der Waals surface area contributed by atoms with Gasteiger partial charge in [-0.15, -0.1) is 0 Å². The second-order valence-electron chi connectivity index (χ2n) is 1.93. The first-order valence-electron chi connectivity index (χ1n) is 2.65. The van der Waals surface area contributed by atoms with E-state index in [0.717, 1.165) is 5.69 Å². The molecule has 3 heteroatoms. The fourth-order valence-electron chi connectivity index (χ4n) is 0.583. The van der Waals surface area contributed by atoms with Crippen LogP contribution in [0, 0.1) is 6.92 Å². The second-order valence-corrected chi connectivity index (χ2v) is 1.93. The third-order valence-corrected chi connectivity index (χ3v) is 1.09. The molecular formula is C6H8N2O. The molecular weight excluding hydrogens is 116 g/mol. The van der Waals surface area contributed by atoms with Crippen LogP contribution in [0.5, 0.6) is 0 Å². The van der Waals surface area contributed by atoms with Crippen molar-refractivity contribution in [1.29, 1.82) is 0 Å². The minimum atomic E-state index is -0.213. The Kier molecular flexibility index (Phi) is 1.26. The van der Waals surface area contributed by atoms with Crippen LogP contribution in [0.1, 0.15) is 5.69 Å². The van der Waals surface area contributed by atoms with Crippen molar-refractivity contribution in [2.45, 2.75) is 6.92 Å². The van der Waals surface area contributed by atoms with E-state index in [1.807, 2.05) is 0 Å². The van der Waals surface area contributed by atoms with Crippen molar-refractivity contribution in [3.63, 3.8) is 0 Å². The van der Waals surface area contributed by atoms with Crippen LogP contribution < -0.4 is 11.3 Å². The standard InChI is InChI=1S/C6H8N2O/c1-4-2-3-5(7)6(9)8-4/h2-3H,7H2,1H3,(H,8,9). The van der Waals surface area contributed by atoms with Crippen molar-refractivity contribution >= 4 is 5.69 Å². The van der Waals surface area contributed by atoms with Crippen molar-refractivity contribution in [3.05, 3.63) is 28.2 Å². The van der Waals surface area contributed by atoms with Crippen LogP contribution in [-0.2, 0) is 0 Å². The highest BCUT2D eigenvalue weighted by atomic mass is 16.1. The first-order chi connectivity index (χ1) is 4.20. The van der Waals surface area contributed by atoms with Crippen molar-refractivity contribution in [1.82, 2.24) is 4.98 Å². The van der Waals surface area contributed by atoms with Gasteiger partial charge in [0.25, 0.3) is 5.56 Å². The summed E-state index contributed by atoms with van der Waals surface area (Å²) in [7, 11) is 0. The number of anilines is 1. The molecule has 0 saturated heterocycles. The zero-order valence-electron chi connectivity index (χ0n) is 5.14. The molecule has 0 unspecified atom stereocenters. The predicted molar refractivity (Wildman–Crippen MR) is 36.2 cm³/mol. The van der Waals surface area contributed by atoms with E-state index in [0.29, 0.717) is 0 Å². The minimum absolute atomic E-state index is 0.213. The van der Waals surface area contributed by atoms with E-state index in [1.54, 1.807) is 19.1 Å². The van der Waals surface area contributed by atoms with Gasteiger partial charge in [-0.05, 0) is 19.1 Å². The average Bonchev–Trinajstić information content (AvgIpc) is 1.80. The largest absolute Gasteiger partial charge is 0.394 e. The van der Waals surface area contributed by atoms with Crippen LogP contribution in [0.3, 0.4) is 0 Å². The van der Waals surface area contributed by atoms with Gasteiger partial charge in [0.1, 0.15) is 0 Å². The van der Waals surface area contributed by atoms with Gasteiger partial charge in [-0.2, -0.15) is 0 Å². The molecule has 0 fully saturated rings. The fourth-order valence-corrected chi connectivity index (χ4v) is 0.583. The number of nitrogens with one attached hydrogen (secondary N) is 1. The van der Waals surface area contributed by atoms with E-state index >= 15 is 0 Å². The molecule has 0 bridgehead atoms. The van der Waals surface area contributed by atoms with Crippen LogP contribution in [0.4, 0.5) is 5.69 Å². The summed E-state index contributed by atoms with van der Waals surface area (Å²) in [6.45, 7) is 1.81. The Bertz CT molecular complexity index is 264. The Morgan fingerprint density at radius 1 is 1.56 bits per heavy atom. The highest BCUT2D eigenvalue weighted by Gasteiger charge is 1.89. The SMILES string of the molecule is Cc1ccc(N)c(=O)[nH]1. The molecule has 3 N–H and O–H groups in total. The van der Waals surface area contributed by atoms with E-state index in [1.165, 1.54) is 0 Å². The molecule has 9 heavy (non-hydrogen) atoms. The topological polar surface area (TPSA) is 58.9 Å². The number of nitrogen functional groups attached to an aromatic ring is 1. The van der Waals surface area contributed by atoms with E-state index in [2.05, 4.69) is 4.98 Å². The Labute approximate surface area is 52.5 Å². The number of aromatic amines is 1. The first-order valence-corrected chi connectivity index (χ1v) is 2.65. The second kappa shape index (κ2) is 1.93. The Morgan fingerprint density at radius 2 is 2.22 bits per heavy atom. The maximum absolute atomic E-state index is 10.7. The lowest BCUT2D eigenvalue weighted by Gasteiger charge is -1.91. The van der Waals surface area contributed by atoms with Gasteiger partial charge in [-0.3, -0.25) is 4.79 Å². The molecule has 1 aromatic heterocycles. The molecule has 0 saturated carbocycles. The highest BCUT2D eigenvalue weighted by molar-refractivity contribution is 5.34. The summed E-state index contributed by atoms with van der Waals surface area (Å²) in [5.41, 5.74) is 6.12. The highest BCUT2D eigenvalue weighted by Crippen LogP contribution is 1.91. The Morgan fingerprint density at radius 3 is 2.67 bits per heavy atom. The molecule has 0 spiro atoms. The van der Waals surface area contributed by atoms with Gasteiger partial charge in [-0.25, -0.2) is 0 Å². The average molecular weight is 124 g/mol. The van der Waals surface area contributed by atoms with Crippen LogP contribution in [-0.4, -0.2) is 4.98 Å². The number of H-pyrrole nitrogens is 1. The van der Waals surface area contributed by atoms with E-state index < -0.39 is 0 Å². The van der Waals surface area contributed by atoms with E-state index in [9.17, 15) is 4.79 Å². The molecule has 0 radical (unpaired) electrons. The van der Waals surface area contributed by atoms with E-state index in [4.69, 9.17) is 5.73 Å². The lowest BCUT2D eigenvalue weighted by Crippen LogP contribution is -2.11. The first kappa shape index (κ1) is 5.88. The summed E-state index contributed by atoms with van der Waals surface area (Å²) in [6, 6.07) is 3.35. The number of pyridine rings is 1. The normalized spacial score (nSPS) is 9.44. The summed E-state index contributed by atoms with van der Waals surface area (Å²) in [5.74, 6) is 0. The zero-order chi connectivity index (χ0) is 6.85. The lowest BCUT2D eigenvalue weighted by molar-refractivity contribution is 1.15. The Hall–Kier alpha value is -1.25. The van der Waals surface area contributed by atoms with Crippen LogP contribution in [0.2, 0.25) is 0 Å². The fraction of sp³-hybridized carbons (Fsp3) is 0.167. The molecule has 48 valence electrons. The molecule has 0 aliphatic carbocycles. The minimum Gasteiger partial charge on any atom is -0.394 e. The smallest absolute Gasteiger partial charge is 0.271 e. The molecule has 0 aliphatic rings. The lowest BCUT2D eigenvalue weighted by atomic mass is 10.3. The van der Waals surface area contributed by atoms with Gasteiger partial charge >= 0.3 is 0 Å². The molecule has 0 aromatic carbocycles. The quantitative estimate of drug-likeness (QED) is 0.521. The summed E-state index contributed by atoms with van der Waals surface area (Å²) in [6.07, 6.45) is 0. The van der Waals surface area contributed by atoms with Gasteiger partial charge in [0, 0.05) is 5.69 Å². The van der Waals surface area contributed by atoms with Gasteiger partial charge in [0.15, 0.2) is 0 Å². The van der Waals surface area contributed by atoms with Gasteiger partial charge in [0.2, 0.25) is 0 Å². The summed E-state index contributed by atoms with van der Waals surface area (Å²) >= 11 is 0. The molecule has 0 amide bonds. The number of aryl methyl sites for hydroxylation is 1. The number of hydrogen-bond acceptors (Lipinski definition) is 2. The molecule has 1 rings (SSSR count). The predicted octanol–water partition coefficient (Wildman–Crippen LogP) is 0.266. The maximum atomic E-state index is 10.7. The molecule has 0 atom stereocenters. The van der Waals surface area contributed by atoms with Crippen molar-refractivity contribution in [3.8, 4) is 0 Å². The number of hydrogen-bond donors (Lipinski definition) is 2. The van der Waals surface area contributed by atoms with Crippen molar-refractivity contribution < 1.29 is 0 Å². The van der Waals surface area contributed by atoms with Crippen LogP contribution >= 0.6 is 0 Å². The van der Waals surface area contributed by atoms with Gasteiger partial charge in [0.05, 0.1) is 5.69 Å². The van der Waals surface area contributed by atoms with Gasteiger partial charge < -0.3 is 10.7 Å².